The lowest BCUT2D eigenvalue weighted by Crippen LogP contribution is -2.45. The summed E-state index contributed by atoms with van der Waals surface area (Å²) in [6.45, 7) is 2.69. The molecule has 2 N–H and O–H groups in total. The Morgan fingerprint density at radius 3 is 3.19 bits per heavy atom. The molecule has 2 aromatic rings. The molecule has 6 heteroatoms. The Morgan fingerprint density at radius 2 is 2.48 bits per heavy atom. The molecule has 21 heavy (non-hydrogen) atoms. The Morgan fingerprint density at radius 1 is 1.57 bits per heavy atom. The van der Waals surface area contributed by atoms with Crippen LogP contribution in [0.25, 0.3) is 0 Å². The van der Waals surface area contributed by atoms with Crippen molar-refractivity contribution in [1.29, 1.82) is 0 Å². The standard InChI is InChI=1S/C15H20N4O2/c1-11(14-6-4-8-21-14)18-15(20)19-7-3-2-5-13(19)12-9-16-17-10-12/h4,6,8-11,13H,2-3,5,7H2,1H3,(H,16,17)(H,18,20)/t11-,13+/m0/s1. The molecule has 1 aliphatic rings. The van der Waals surface area contributed by atoms with Gasteiger partial charge in [-0.25, -0.2) is 4.79 Å². The van der Waals surface area contributed by atoms with Crippen LogP contribution >= 0.6 is 0 Å². The number of hydrogen-bond donors (Lipinski definition) is 2. The van der Waals surface area contributed by atoms with E-state index < -0.39 is 0 Å². The first-order chi connectivity index (χ1) is 10.3. The maximum Gasteiger partial charge on any atom is 0.318 e. The molecule has 0 bridgehead atoms. The number of likely N-dealkylation sites (tertiary alicyclic amines) is 1. The highest BCUT2D eigenvalue weighted by molar-refractivity contribution is 5.75. The number of aromatic nitrogens is 2. The second-order valence-electron chi connectivity index (χ2n) is 5.42. The van der Waals surface area contributed by atoms with E-state index >= 15 is 0 Å². The van der Waals surface area contributed by atoms with Crippen LogP contribution in [0, 0.1) is 0 Å². The molecule has 2 atom stereocenters. The highest BCUT2D eigenvalue weighted by Gasteiger charge is 2.29. The summed E-state index contributed by atoms with van der Waals surface area (Å²) < 4.78 is 5.33. The van der Waals surface area contributed by atoms with Crippen molar-refractivity contribution in [3.05, 3.63) is 42.1 Å². The number of amides is 2. The molecule has 3 heterocycles. The SMILES string of the molecule is C[C@H](NC(=O)N1CCCC[C@@H]1c1cn[nH]c1)c1ccco1. The van der Waals surface area contributed by atoms with Gasteiger partial charge in [0.1, 0.15) is 5.76 Å². The molecular weight excluding hydrogens is 268 g/mol. The first kappa shape index (κ1) is 13.7. The van der Waals surface area contributed by atoms with Gasteiger partial charge in [0.05, 0.1) is 24.5 Å². The summed E-state index contributed by atoms with van der Waals surface area (Å²) in [5.41, 5.74) is 1.07. The molecule has 6 nitrogen and oxygen atoms in total. The Hall–Kier alpha value is -2.24. The number of urea groups is 1. The molecule has 1 saturated heterocycles. The summed E-state index contributed by atoms with van der Waals surface area (Å²) in [6, 6.07) is 3.60. The average molecular weight is 288 g/mol. The Kier molecular flexibility index (Phi) is 3.94. The normalized spacial score (nSPS) is 20.2. The molecule has 3 rings (SSSR count). The molecule has 0 unspecified atom stereocenters. The van der Waals surface area contributed by atoms with Crippen molar-refractivity contribution in [2.45, 2.75) is 38.3 Å². The summed E-state index contributed by atoms with van der Waals surface area (Å²) >= 11 is 0. The van der Waals surface area contributed by atoms with Crippen molar-refractivity contribution in [3.63, 3.8) is 0 Å². The number of rotatable bonds is 3. The van der Waals surface area contributed by atoms with Gasteiger partial charge < -0.3 is 14.6 Å². The van der Waals surface area contributed by atoms with Crippen LogP contribution in [0.4, 0.5) is 4.79 Å². The zero-order valence-electron chi connectivity index (χ0n) is 12.1. The number of carbonyl (C=O) groups is 1. The molecular formula is C15H20N4O2. The van der Waals surface area contributed by atoms with Gasteiger partial charge in [0.2, 0.25) is 0 Å². The number of piperidine rings is 1. The maximum absolute atomic E-state index is 12.6. The maximum atomic E-state index is 12.6. The van der Waals surface area contributed by atoms with Crippen LogP contribution in [-0.2, 0) is 0 Å². The van der Waals surface area contributed by atoms with E-state index in [0.717, 1.165) is 37.1 Å². The predicted molar refractivity (Wildman–Crippen MR) is 77.5 cm³/mol. The molecule has 2 amide bonds. The van der Waals surface area contributed by atoms with Crippen molar-refractivity contribution >= 4 is 6.03 Å². The fourth-order valence-corrected chi connectivity index (χ4v) is 2.84. The van der Waals surface area contributed by atoms with Gasteiger partial charge in [0.25, 0.3) is 0 Å². The highest BCUT2D eigenvalue weighted by Crippen LogP contribution is 2.30. The highest BCUT2D eigenvalue weighted by atomic mass is 16.3. The Bertz CT molecular complexity index is 565. The molecule has 0 aromatic carbocycles. The van der Waals surface area contributed by atoms with Crippen molar-refractivity contribution in [1.82, 2.24) is 20.4 Å². The van der Waals surface area contributed by atoms with Crippen LogP contribution in [0.1, 0.15) is 49.6 Å². The van der Waals surface area contributed by atoms with E-state index in [9.17, 15) is 4.79 Å². The molecule has 0 saturated carbocycles. The van der Waals surface area contributed by atoms with Crippen molar-refractivity contribution in [3.8, 4) is 0 Å². The second kappa shape index (κ2) is 6.03. The number of carbonyl (C=O) groups excluding carboxylic acids is 1. The minimum Gasteiger partial charge on any atom is -0.467 e. The minimum absolute atomic E-state index is 0.0511. The lowest BCUT2D eigenvalue weighted by atomic mass is 9.98. The first-order valence-corrected chi connectivity index (χ1v) is 7.35. The summed E-state index contributed by atoms with van der Waals surface area (Å²) in [6.07, 6.45) is 8.43. The molecule has 0 spiro atoms. The van der Waals surface area contributed by atoms with Crippen LogP contribution < -0.4 is 5.32 Å². The Balaban J connectivity index is 1.69. The number of hydrogen-bond acceptors (Lipinski definition) is 3. The number of nitrogens with zero attached hydrogens (tertiary/aromatic N) is 2. The van der Waals surface area contributed by atoms with Gasteiger partial charge in [-0.3, -0.25) is 5.10 Å². The van der Waals surface area contributed by atoms with Crippen LogP contribution in [0.15, 0.2) is 35.2 Å². The van der Waals surface area contributed by atoms with Crippen LogP contribution in [0.3, 0.4) is 0 Å². The quantitative estimate of drug-likeness (QED) is 0.911. The number of aromatic amines is 1. The van der Waals surface area contributed by atoms with E-state index in [0.29, 0.717) is 0 Å². The van der Waals surface area contributed by atoms with Gasteiger partial charge in [0, 0.05) is 18.3 Å². The van der Waals surface area contributed by atoms with Crippen molar-refractivity contribution in [2.75, 3.05) is 6.54 Å². The third-order valence-electron chi connectivity index (χ3n) is 3.98. The van der Waals surface area contributed by atoms with E-state index in [1.807, 2.05) is 30.2 Å². The molecule has 0 aliphatic carbocycles. The lowest BCUT2D eigenvalue weighted by molar-refractivity contribution is 0.148. The smallest absolute Gasteiger partial charge is 0.318 e. The van der Waals surface area contributed by atoms with E-state index in [1.54, 1.807) is 12.5 Å². The summed E-state index contributed by atoms with van der Waals surface area (Å²) in [5, 5.41) is 9.83. The van der Waals surface area contributed by atoms with Gasteiger partial charge in [-0.15, -0.1) is 0 Å². The van der Waals surface area contributed by atoms with Gasteiger partial charge in [-0.05, 0) is 38.3 Å². The fraction of sp³-hybridized carbons (Fsp3) is 0.467. The van der Waals surface area contributed by atoms with Gasteiger partial charge in [0.15, 0.2) is 0 Å². The average Bonchev–Trinajstić information content (AvgIpc) is 3.20. The van der Waals surface area contributed by atoms with Crippen LogP contribution in [0.2, 0.25) is 0 Å². The van der Waals surface area contributed by atoms with Crippen molar-refractivity contribution < 1.29 is 9.21 Å². The lowest BCUT2D eigenvalue weighted by Gasteiger charge is -2.35. The van der Waals surface area contributed by atoms with Crippen LogP contribution in [-0.4, -0.2) is 27.7 Å². The predicted octanol–water partition coefficient (Wildman–Crippen LogP) is 3.00. The number of furan rings is 1. The van der Waals surface area contributed by atoms with Gasteiger partial charge in [-0.2, -0.15) is 5.10 Å². The molecule has 1 aliphatic heterocycles. The van der Waals surface area contributed by atoms with E-state index in [1.165, 1.54) is 0 Å². The second-order valence-corrected chi connectivity index (χ2v) is 5.42. The van der Waals surface area contributed by atoms with E-state index in [-0.39, 0.29) is 18.1 Å². The molecule has 2 aromatic heterocycles. The molecule has 0 radical (unpaired) electrons. The molecule has 112 valence electrons. The largest absolute Gasteiger partial charge is 0.467 e. The Labute approximate surface area is 123 Å². The zero-order chi connectivity index (χ0) is 14.7. The van der Waals surface area contributed by atoms with Crippen LogP contribution in [0.5, 0.6) is 0 Å². The zero-order valence-corrected chi connectivity index (χ0v) is 12.1. The topological polar surface area (TPSA) is 74.2 Å². The first-order valence-electron chi connectivity index (χ1n) is 7.35. The van der Waals surface area contributed by atoms with Crippen molar-refractivity contribution in [2.24, 2.45) is 0 Å². The number of H-pyrrole nitrogens is 1. The minimum atomic E-state index is -0.139. The third-order valence-corrected chi connectivity index (χ3v) is 3.98. The van der Waals surface area contributed by atoms with E-state index in [2.05, 4.69) is 15.5 Å². The monoisotopic (exact) mass is 288 g/mol. The van der Waals surface area contributed by atoms with Gasteiger partial charge >= 0.3 is 6.03 Å². The fourth-order valence-electron chi connectivity index (χ4n) is 2.84. The molecule has 1 fully saturated rings. The summed E-state index contributed by atoms with van der Waals surface area (Å²) in [5.74, 6) is 0.764. The third kappa shape index (κ3) is 2.94. The number of nitrogens with one attached hydrogen (secondary N) is 2. The summed E-state index contributed by atoms with van der Waals surface area (Å²) in [7, 11) is 0. The van der Waals surface area contributed by atoms with E-state index in [4.69, 9.17) is 4.42 Å². The summed E-state index contributed by atoms with van der Waals surface area (Å²) in [4.78, 5) is 14.4. The van der Waals surface area contributed by atoms with Gasteiger partial charge in [-0.1, -0.05) is 0 Å².